The minimum Gasteiger partial charge on any atom is -0.383 e. The van der Waals surface area contributed by atoms with E-state index < -0.39 is 0 Å². The summed E-state index contributed by atoms with van der Waals surface area (Å²) in [6, 6.07) is 19.6. The predicted molar refractivity (Wildman–Crippen MR) is 100 cm³/mol. The van der Waals surface area contributed by atoms with Crippen LogP contribution in [-0.2, 0) is 16.0 Å². The molecule has 0 spiro atoms. The topological polar surface area (TPSA) is 21.7 Å². The number of hydrogen-bond acceptors (Lipinski definition) is 3. The first kappa shape index (κ1) is 16.9. The molecule has 0 heterocycles. The number of nitrogens with zero attached hydrogens (tertiary/aromatic N) is 1. The zero-order valence-electron chi connectivity index (χ0n) is 14.5. The largest absolute Gasteiger partial charge is 0.383 e. The Kier molecular flexibility index (Phi) is 5.81. The van der Waals surface area contributed by atoms with Gasteiger partial charge in [0.2, 0.25) is 0 Å². The van der Waals surface area contributed by atoms with Crippen LogP contribution in [-0.4, -0.2) is 45.4 Å². The van der Waals surface area contributed by atoms with Crippen LogP contribution in [0.2, 0.25) is 0 Å². The van der Waals surface area contributed by atoms with Gasteiger partial charge in [0.05, 0.1) is 13.2 Å². The van der Waals surface area contributed by atoms with E-state index in [0.717, 1.165) is 32.8 Å². The van der Waals surface area contributed by atoms with Crippen LogP contribution in [0.5, 0.6) is 0 Å². The highest BCUT2D eigenvalue weighted by Crippen LogP contribution is 2.29. The fourth-order valence-corrected chi connectivity index (χ4v) is 3.21. The van der Waals surface area contributed by atoms with E-state index in [1.807, 2.05) is 0 Å². The maximum absolute atomic E-state index is 5.28. The third-order valence-corrected chi connectivity index (χ3v) is 4.49. The lowest BCUT2D eigenvalue weighted by Crippen LogP contribution is -2.30. The summed E-state index contributed by atoms with van der Waals surface area (Å²) in [6.45, 7) is 4.15. The second kappa shape index (κ2) is 8.25. The molecule has 0 saturated heterocycles. The van der Waals surface area contributed by atoms with Crippen molar-refractivity contribution in [1.29, 1.82) is 0 Å². The van der Waals surface area contributed by atoms with Crippen LogP contribution in [0.15, 0.2) is 54.6 Å². The van der Waals surface area contributed by atoms with Gasteiger partial charge in [-0.3, -0.25) is 4.90 Å². The van der Waals surface area contributed by atoms with Crippen molar-refractivity contribution in [3.63, 3.8) is 0 Å². The molecule has 0 saturated carbocycles. The van der Waals surface area contributed by atoms with Gasteiger partial charge in [-0.25, -0.2) is 0 Å². The van der Waals surface area contributed by atoms with Gasteiger partial charge in [-0.2, -0.15) is 0 Å². The van der Waals surface area contributed by atoms with Gasteiger partial charge >= 0.3 is 0 Å². The number of methoxy groups -OCH3 is 2. The van der Waals surface area contributed by atoms with Gasteiger partial charge in [-0.05, 0) is 33.2 Å². The molecule has 0 aromatic heterocycles. The molecule has 3 aromatic carbocycles. The highest BCUT2D eigenvalue weighted by atomic mass is 16.5. The average Bonchev–Trinajstić information content (AvgIpc) is 2.63. The number of rotatable bonds is 8. The van der Waals surface area contributed by atoms with Crippen LogP contribution in [0.4, 0.5) is 0 Å². The number of ether oxygens (including phenoxy) is 2. The predicted octanol–water partition coefficient (Wildman–Crippen LogP) is 4.09. The fourth-order valence-electron chi connectivity index (χ4n) is 3.21. The minimum atomic E-state index is 0.729. The Balaban J connectivity index is 2.03. The van der Waals surface area contributed by atoms with Crippen molar-refractivity contribution in [1.82, 2.24) is 4.90 Å². The number of fused-ring (bicyclic) bond motifs is 2. The Morgan fingerprint density at radius 1 is 0.750 bits per heavy atom. The quantitative estimate of drug-likeness (QED) is 0.583. The summed E-state index contributed by atoms with van der Waals surface area (Å²) in [4.78, 5) is 2.40. The standard InChI is InChI=1S/C21H25NO2/c1-23-13-11-22(12-14-24-2)16-21-19-9-5-3-7-17(19)15-18-8-4-6-10-20(18)21/h3-10,15H,11-14,16H2,1-2H3. The van der Waals surface area contributed by atoms with E-state index in [1.165, 1.54) is 27.1 Å². The average molecular weight is 323 g/mol. The van der Waals surface area contributed by atoms with Gasteiger partial charge in [0.15, 0.2) is 0 Å². The normalized spacial score (nSPS) is 11.6. The van der Waals surface area contributed by atoms with Crippen molar-refractivity contribution in [2.45, 2.75) is 6.54 Å². The number of benzene rings is 3. The van der Waals surface area contributed by atoms with Gasteiger partial charge < -0.3 is 9.47 Å². The van der Waals surface area contributed by atoms with Crippen LogP contribution >= 0.6 is 0 Å². The van der Waals surface area contributed by atoms with Gasteiger partial charge in [-0.1, -0.05) is 48.5 Å². The van der Waals surface area contributed by atoms with Gasteiger partial charge in [0, 0.05) is 33.9 Å². The molecule has 0 aliphatic heterocycles. The van der Waals surface area contributed by atoms with Crippen LogP contribution in [0.25, 0.3) is 21.5 Å². The Morgan fingerprint density at radius 2 is 1.25 bits per heavy atom. The Morgan fingerprint density at radius 3 is 1.75 bits per heavy atom. The Hall–Kier alpha value is -1.94. The summed E-state index contributed by atoms with van der Waals surface area (Å²) in [7, 11) is 3.50. The van der Waals surface area contributed by atoms with E-state index in [0.29, 0.717) is 0 Å². The first-order valence-electron chi connectivity index (χ1n) is 8.43. The van der Waals surface area contributed by atoms with Crippen molar-refractivity contribution >= 4 is 21.5 Å². The molecule has 3 nitrogen and oxygen atoms in total. The molecule has 3 rings (SSSR count). The van der Waals surface area contributed by atoms with Crippen LogP contribution in [0.3, 0.4) is 0 Å². The Labute approximate surface area is 143 Å². The molecule has 3 aromatic rings. The lowest BCUT2D eigenvalue weighted by molar-refractivity contribution is 0.111. The maximum Gasteiger partial charge on any atom is 0.0589 e. The van der Waals surface area contributed by atoms with E-state index in [9.17, 15) is 0 Å². The lowest BCUT2D eigenvalue weighted by Gasteiger charge is -2.23. The number of hydrogen-bond donors (Lipinski definition) is 0. The SMILES string of the molecule is COCCN(CCOC)Cc1c2ccccc2cc2ccccc12. The molecule has 0 unspecified atom stereocenters. The monoisotopic (exact) mass is 323 g/mol. The van der Waals surface area contributed by atoms with Crippen molar-refractivity contribution in [3.8, 4) is 0 Å². The molecule has 0 amide bonds. The van der Waals surface area contributed by atoms with Crippen LogP contribution < -0.4 is 0 Å². The zero-order chi connectivity index (χ0) is 16.8. The highest BCUT2D eigenvalue weighted by Gasteiger charge is 2.12. The molecule has 0 fully saturated rings. The van der Waals surface area contributed by atoms with Crippen molar-refractivity contribution in [3.05, 3.63) is 60.2 Å². The first-order chi connectivity index (χ1) is 11.8. The fraction of sp³-hybridized carbons (Fsp3) is 0.333. The molecule has 0 bridgehead atoms. The molecule has 24 heavy (non-hydrogen) atoms. The highest BCUT2D eigenvalue weighted by molar-refractivity contribution is 6.02. The van der Waals surface area contributed by atoms with E-state index in [-0.39, 0.29) is 0 Å². The molecular weight excluding hydrogens is 298 g/mol. The smallest absolute Gasteiger partial charge is 0.0589 e. The minimum absolute atomic E-state index is 0.729. The van der Waals surface area contributed by atoms with E-state index in [2.05, 4.69) is 59.5 Å². The van der Waals surface area contributed by atoms with Gasteiger partial charge in [0.25, 0.3) is 0 Å². The maximum atomic E-state index is 5.28. The second-order valence-electron chi connectivity index (χ2n) is 6.06. The molecule has 0 aliphatic rings. The molecule has 0 N–H and O–H groups in total. The van der Waals surface area contributed by atoms with Crippen molar-refractivity contribution < 1.29 is 9.47 Å². The zero-order valence-corrected chi connectivity index (χ0v) is 14.5. The molecule has 0 radical (unpaired) electrons. The summed E-state index contributed by atoms with van der Waals surface area (Å²) in [5.74, 6) is 0. The molecule has 3 heteroatoms. The molecule has 126 valence electrons. The lowest BCUT2D eigenvalue weighted by atomic mass is 9.96. The van der Waals surface area contributed by atoms with Gasteiger partial charge in [-0.15, -0.1) is 0 Å². The van der Waals surface area contributed by atoms with Gasteiger partial charge in [0.1, 0.15) is 0 Å². The third-order valence-electron chi connectivity index (χ3n) is 4.49. The molecule has 0 aliphatic carbocycles. The van der Waals surface area contributed by atoms with Crippen molar-refractivity contribution in [2.75, 3.05) is 40.5 Å². The molecule has 0 atom stereocenters. The summed E-state index contributed by atoms with van der Waals surface area (Å²) >= 11 is 0. The summed E-state index contributed by atoms with van der Waals surface area (Å²) in [6.07, 6.45) is 0. The van der Waals surface area contributed by atoms with Crippen LogP contribution in [0, 0.1) is 0 Å². The Bertz CT molecular complexity index is 738. The molecular formula is C21H25NO2. The van der Waals surface area contributed by atoms with E-state index >= 15 is 0 Å². The van der Waals surface area contributed by atoms with E-state index in [4.69, 9.17) is 9.47 Å². The summed E-state index contributed by atoms with van der Waals surface area (Å²) < 4.78 is 10.6. The second-order valence-corrected chi connectivity index (χ2v) is 6.06. The van der Waals surface area contributed by atoms with Crippen LogP contribution in [0.1, 0.15) is 5.56 Å². The summed E-state index contributed by atoms with van der Waals surface area (Å²) in [5, 5.41) is 5.25. The third kappa shape index (κ3) is 3.75. The van der Waals surface area contributed by atoms with Crippen molar-refractivity contribution in [2.24, 2.45) is 0 Å². The van der Waals surface area contributed by atoms with E-state index in [1.54, 1.807) is 14.2 Å². The summed E-state index contributed by atoms with van der Waals surface area (Å²) in [5.41, 5.74) is 1.39. The first-order valence-corrected chi connectivity index (χ1v) is 8.43.